The Balaban J connectivity index is 1.53. The van der Waals surface area contributed by atoms with Crippen LogP contribution in [0.25, 0.3) is 0 Å². The van der Waals surface area contributed by atoms with Gasteiger partial charge in [-0.2, -0.15) is 0 Å². The maximum atomic E-state index is 12.1. The smallest absolute Gasteiger partial charge is 0.314 e. The van der Waals surface area contributed by atoms with E-state index in [0.717, 1.165) is 22.4 Å². The van der Waals surface area contributed by atoms with Crippen molar-refractivity contribution in [2.24, 2.45) is 15.9 Å². The summed E-state index contributed by atoms with van der Waals surface area (Å²) in [7, 11) is 1.64. The lowest BCUT2D eigenvalue weighted by Crippen LogP contribution is -2.31. The van der Waals surface area contributed by atoms with E-state index in [1.807, 2.05) is 78.9 Å². The first-order valence-electron chi connectivity index (χ1n) is 10.9. The molecule has 34 heavy (non-hydrogen) atoms. The molecule has 174 valence electrons. The minimum absolute atomic E-state index is 0.435. The van der Waals surface area contributed by atoms with Gasteiger partial charge in [0.1, 0.15) is 24.0 Å². The molecule has 0 aromatic heterocycles. The first-order valence-corrected chi connectivity index (χ1v) is 11.9. The van der Waals surface area contributed by atoms with E-state index < -0.39 is 17.9 Å². The van der Waals surface area contributed by atoms with E-state index >= 15 is 0 Å². The van der Waals surface area contributed by atoms with E-state index in [-0.39, 0.29) is 0 Å². The summed E-state index contributed by atoms with van der Waals surface area (Å²) < 4.78 is 11.2. The number of nitrogens with zero attached hydrogens (tertiary/aromatic N) is 2. The minimum Gasteiger partial charge on any atom is -0.497 e. The highest BCUT2D eigenvalue weighted by atomic mass is 32.2. The zero-order valence-electron chi connectivity index (χ0n) is 19.0. The lowest BCUT2D eigenvalue weighted by Gasteiger charge is -2.25. The van der Waals surface area contributed by atoms with Gasteiger partial charge in [0.05, 0.1) is 13.2 Å². The lowest BCUT2D eigenvalue weighted by atomic mass is 9.89. The Kier molecular flexibility index (Phi) is 7.65. The second-order valence-corrected chi connectivity index (χ2v) is 8.85. The molecule has 0 saturated carbocycles. The molecule has 2 unspecified atom stereocenters. The average molecular weight is 475 g/mol. The molecule has 1 heterocycles. The van der Waals surface area contributed by atoms with Crippen LogP contribution in [0.15, 0.2) is 88.8 Å². The van der Waals surface area contributed by atoms with Crippen LogP contribution in [-0.4, -0.2) is 29.1 Å². The number of carboxylic acids is 1. The third-order valence-electron chi connectivity index (χ3n) is 5.53. The van der Waals surface area contributed by atoms with Crippen molar-refractivity contribution in [3.63, 3.8) is 0 Å². The van der Waals surface area contributed by atoms with Gasteiger partial charge in [-0.1, -0.05) is 66.4 Å². The number of methoxy groups -OCH3 is 1. The first-order chi connectivity index (χ1) is 16.5. The van der Waals surface area contributed by atoms with Gasteiger partial charge in [-0.3, -0.25) is 9.79 Å². The summed E-state index contributed by atoms with van der Waals surface area (Å²) in [6, 6.07) is 24.7. The Morgan fingerprint density at radius 3 is 2.44 bits per heavy atom. The molecule has 3 aromatic carbocycles. The Bertz CT molecular complexity index is 1190. The molecule has 0 spiro atoms. The van der Waals surface area contributed by atoms with Crippen molar-refractivity contribution in [3.8, 4) is 11.5 Å². The number of amidine groups is 1. The van der Waals surface area contributed by atoms with Crippen molar-refractivity contribution < 1.29 is 19.4 Å². The molecule has 4 rings (SSSR count). The number of aliphatic imine (C=N–C) groups is 2. The van der Waals surface area contributed by atoms with Gasteiger partial charge in [-0.05, 0) is 47.9 Å². The standard InChI is InChI=1S/C27H26N2O4S/c1-18-24(26(30)31)25(29-27(28-18)34-17-20-11-13-22(32-2)14-12-20)21-9-6-10-23(15-21)33-16-19-7-4-3-5-8-19/h3-15,24-25H,16-17H2,1-2H3,(H,30,31). The van der Waals surface area contributed by atoms with Gasteiger partial charge in [-0.25, -0.2) is 4.99 Å². The van der Waals surface area contributed by atoms with Crippen LogP contribution in [0.1, 0.15) is 29.7 Å². The van der Waals surface area contributed by atoms with Gasteiger partial charge in [-0.15, -0.1) is 0 Å². The molecule has 1 aliphatic rings. The molecule has 1 aliphatic heterocycles. The van der Waals surface area contributed by atoms with Crippen LogP contribution >= 0.6 is 11.8 Å². The van der Waals surface area contributed by atoms with E-state index in [1.54, 1.807) is 14.0 Å². The third kappa shape index (κ3) is 5.85. The van der Waals surface area contributed by atoms with Crippen LogP contribution in [0.2, 0.25) is 0 Å². The van der Waals surface area contributed by atoms with Crippen molar-refractivity contribution in [1.29, 1.82) is 0 Å². The van der Waals surface area contributed by atoms with Crippen LogP contribution in [0.5, 0.6) is 11.5 Å². The lowest BCUT2D eigenvalue weighted by molar-refractivity contribution is -0.140. The van der Waals surface area contributed by atoms with E-state index in [1.165, 1.54) is 11.8 Å². The van der Waals surface area contributed by atoms with Crippen LogP contribution in [0.4, 0.5) is 0 Å². The van der Waals surface area contributed by atoms with Crippen molar-refractivity contribution in [2.45, 2.75) is 25.3 Å². The summed E-state index contributed by atoms with van der Waals surface area (Å²) in [6.07, 6.45) is 0. The fourth-order valence-electron chi connectivity index (χ4n) is 3.72. The van der Waals surface area contributed by atoms with Gasteiger partial charge >= 0.3 is 5.97 Å². The maximum absolute atomic E-state index is 12.1. The number of carboxylic acid groups (broad SMARTS) is 1. The number of rotatable bonds is 8. The Hall–Kier alpha value is -3.58. The highest BCUT2D eigenvalue weighted by Crippen LogP contribution is 2.35. The van der Waals surface area contributed by atoms with Crippen LogP contribution in [0, 0.1) is 5.92 Å². The molecule has 0 amide bonds. The zero-order valence-corrected chi connectivity index (χ0v) is 19.9. The number of ether oxygens (including phenoxy) is 2. The molecule has 3 aromatic rings. The van der Waals surface area contributed by atoms with Crippen LogP contribution in [0.3, 0.4) is 0 Å². The van der Waals surface area contributed by atoms with Crippen molar-refractivity contribution in [2.75, 3.05) is 7.11 Å². The second-order valence-electron chi connectivity index (χ2n) is 7.91. The van der Waals surface area contributed by atoms with Crippen molar-refractivity contribution in [1.82, 2.24) is 0 Å². The quantitative estimate of drug-likeness (QED) is 0.448. The van der Waals surface area contributed by atoms with Gasteiger partial charge in [0.2, 0.25) is 0 Å². The summed E-state index contributed by atoms with van der Waals surface area (Å²) in [5, 5.41) is 10.5. The van der Waals surface area contributed by atoms with E-state index in [9.17, 15) is 9.90 Å². The number of aliphatic carboxylic acids is 1. The molecule has 0 fully saturated rings. The van der Waals surface area contributed by atoms with E-state index in [2.05, 4.69) is 4.99 Å². The summed E-state index contributed by atoms with van der Waals surface area (Å²) in [5.74, 6) is 0.383. The molecule has 0 bridgehead atoms. The SMILES string of the molecule is COc1ccc(CSC2=NC(c3cccc(OCc4ccccc4)c3)C(C(=O)O)C(C)=N2)cc1. The normalized spacial score (nSPS) is 17.5. The molecule has 2 atom stereocenters. The first kappa shape index (κ1) is 23.6. The van der Waals surface area contributed by atoms with Gasteiger partial charge in [0.15, 0.2) is 5.17 Å². The van der Waals surface area contributed by atoms with Gasteiger partial charge in [0, 0.05) is 11.5 Å². The van der Waals surface area contributed by atoms with Crippen molar-refractivity contribution in [3.05, 3.63) is 95.6 Å². The molecule has 0 radical (unpaired) electrons. The largest absolute Gasteiger partial charge is 0.497 e. The highest BCUT2D eigenvalue weighted by molar-refractivity contribution is 8.13. The van der Waals surface area contributed by atoms with E-state index in [4.69, 9.17) is 14.5 Å². The molecule has 6 nitrogen and oxygen atoms in total. The summed E-state index contributed by atoms with van der Waals surface area (Å²) in [6.45, 7) is 2.19. The molecule has 1 N–H and O–H groups in total. The second kappa shape index (κ2) is 11.0. The Morgan fingerprint density at radius 1 is 0.971 bits per heavy atom. The maximum Gasteiger partial charge on any atom is 0.314 e. The molecular weight excluding hydrogens is 448 g/mol. The fourth-order valence-corrected chi connectivity index (χ4v) is 4.61. The number of thioether (sulfide) groups is 1. The molecule has 0 aliphatic carbocycles. The topological polar surface area (TPSA) is 80.5 Å². The van der Waals surface area contributed by atoms with Gasteiger partial charge < -0.3 is 14.6 Å². The third-order valence-corrected chi connectivity index (χ3v) is 6.46. The summed E-state index contributed by atoms with van der Waals surface area (Å²) in [4.78, 5) is 21.3. The number of carbonyl (C=O) groups is 1. The predicted molar refractivity (Wildman–Crippen MR) is 136 cm³/mol. The summed E-state index contributed by atoms with van der Waals surface area (Å²) >= 11 is 1.49. The van der Waals surface area contributed by atoms with Gasteiger partial charge in [0.25, 0.3) is 0 Å². The number of benzene rings is 3. The monoisotopic (exact) mass is 474 g/mol. The van der Waals surface area contributed by atoms with Crippen LogP contribution < -0.4 is 9.47 Å². The highest BCUT2D eigenvalue weighted by Gasteiger charge is 2.35. The predicted octanol–water partition coefficient (Wildman–Crippen LogP) is 5.78. The summed E-state index contributed by atoms with van der Waals surface area (Å²) in [5.41, 5.74) is 3.50. The Labute approximate surface area is 203 Å². The van der Waals surface area contributed by atoms with Crippen LogP contribution in [-0.2, 0) is 17.2 Å². The number of hydrogen-bond acceptors (Lipinski definition) is 6. The van der Waals surface area contributed by atoms with Crippen molar-refractivity contribution >= 4 is 28.6 Å². The minimum atomic E-state index is -0.940. The average Bonchev–Trinajstić information content (AvgIpc) is 2.86. The van der Waals surface area contributed by atoms with E-state index in [0.29, 0.717) is 29.0 Å². The molecule has 7 heteroatoms. The zero-order chi connectivity index (χ0) is 23.9. The number of hydrogen-bond donors (Lipinski definition) is 1. The Morgan fingerprint density at radius 2 is 1.74 bits per heavy atom. The fraction of sp³-hybridized carbons (Fsp3) is 0.222. The molecular formula is C27H26N2O4S. The molecule has 0 saturated heterocycles.